The van der Waals surface area contributed by atoms with E-state index in [2.05, 4.69) is 42.4 Å². The Hall–Kier alpha value is -2.63. The maximum Gasteiger partial charge on any atom is 0.216 e. The Bertz CT molecular complexity index is 1220. The highest BCUT2D eigenvalue weighted by molar-refractivity contribution is 7.12. The van der Waals surface area contributed by atoms with Gasteiger partial charge >= 0.3 is 0 Å². The normalized spacial score (nSPS) is 11.5. The lowest BCUT2D eigenvalue weighted by Crippen LogP contribution is -2.25. The molecule has 0 spiro atoms. The van der Waals surface area contributed by atoms with Gasteiger partial charge in [0.05, 0.1) is 15.7 Å². The molecule has 5 rings (SSSR count). The average molecular weight is 503 g/mol. The van der Waals surface area contributed by atoms with Gasteiger partial charge in [-0.1, -0.05) is 45.9 Å². The molecular weight excluding hydrogens is 487 g/mol. The zero-order chi connectivity index (χ0) is 21.9. The Labute approximate surface area is 201 Å². The van der Waals surface area contributed by atoms with E-state index in [4.69, 9.17) is 23.2 Å². The minimum atomic E-state index is 0.514. The molecule has 5 aromatic heterocycles. The fourth-order valence-electron chi connectivity index (χ4n) is 3.40. The summed E-state index contributed by atoms with van der Waals surface area (Å²) >= 11 is 15.5. The summed E-state index contributed by atoms with van der Waals surface area (Å²) in [5.74, 6) is 0. The van der Waals surface area contributed by atoms with Gasteiger partial charge in [0.1, 0.15) is 11.0 Å². The van der Waals surface area contributed by atoms with Crippen LogP contribution >= 0.6 is 45.9 Å². The Morgan fingerprint density at radius 3 is 1.94 bits per heavy atom. The number of hydrogen-bond acceptors (Lipinski definition) is 8. The molecule has 0 amide bonds. The van der Waals surface area contributed by atoms with Crippen molar-refractivity contribution >= 4 is 45.9 Å². The average Bonchev–Trinajstić information content (AvgIpc) is 3.57. The van der Waals surface area contributed by atoms with Gasteiger partial charge in [0.25, 0.3) is 0 Å². The molecule has 5 aromatic rings. The van der Waals surface area contributed by atoms with E-state index in [0.717, 1.165) is 27.3 Å². The van der Waals surface area contributed by atoms with E-state index in [1.54, 1.807) is 23.3 Å². The van der Waals surface area contributed by atoms with Crippen molar-refractivity contribution in [2.45, 2.75) is 19.6 Å². The molecule has 0 unspecified atom stereocenters. The second kappa shape index (κ2) is 9.47. The standard InChI is InChI=1S/C20H16Cl2N8S2/c21-14-7-17(22)18(23-8-14)11-28(9-15-3-1-5-29(15)19-26-24-12-31-19)10-16-4-2-6-30(16)20-27-25-13-32-20/h1-8,12-13H,9-11H2. The molecule has 0 aliphatic rings. The van der Waals surface area contributed by atoms with Gasteiger partial charge in [-0.15, -0.1) is 20.4 Å². The van der Waals surface area contributed by atoms with Gasteiger partial charge in [-0.3, -0.25) is 19.0 Å². The highest BCUT2D eigenvalue weighted by atomic mass is 35.5. The second-order valence-corrected chi connectivity index (χ2v) is 9.38. The first-order valence-corrected chi connectivity index (χ1v) is 12.1. The number of nitrogens with zero attached hydrogens (tertiary/aromatic N) is 8. The second-order valence-electron chi connectivity index (χ2n) is 6.91. The lowest BCUT2D eigenvalue weighted by molar-refractivity contribution is 0.236. The van der Waals surface area contributed by atoms with Crippen LogP contribution in [-0.4, -0.2) is 39.4 Å². The fourth-order valence-corrected chi connectivity index (χ4v) is 4.99. The van der Waals surface area contributed by atoms with Crippen LogP contribution in [0.25, 0.3) is 10.3 Å². The van der Waals surface area contributed by atoms with E-state index in [0.29, 0.717) is 29.7 Å². The summed E-state index contributed by atoms with van der Waals surface area (Å²) in [5, 5.41) is 19.0. The molecule has 0 aromatic carbocycles. The van der Waals surface area contributed by atoms with Gasteiger partial charge in [-0.05, 0) is 30.3 Å². The van der Waals surface area contributed by atoms with Gasteiger partial charge in [0, 0.05) is 49.6 Å². The summed E-state index contributed by atoms with van der Waals surface area (Å²) in [5.41, 5.74) is 6.38. The minimum absolute atomic E-state index is 0.514. The zero-order valence-corrected chi connectivity index (χ0v) is 19.7. The molecule has 0 fully saturated rings. The van der Waals surface area contributed by atoms with Crippen molar-refractivity contribution in [3.63, 3.8) is 0 Å². The Balaban J connectivity index is 1.46. The highest BCUT2D eigenvalue weighted by Crippen LogP contribution is 2.24. The SMILES string of the molecule is Clc1cnc(CN(Cc2cccn2-c2nncs2)Cc2cccn2-c2nncs2)c(Cl)c1. The molecule has 0 atom stereocenters. The predicted molar refractivity (Wildman–Crippen MR) is 126 cm³/mol. The largest absolute Gasteiger partial charge is 0.294 e. The first kappa shape index (κ1) is 21.2. The fraction of sp³-hybridized carbons (Fsp3) is 0.150. The summed E-state index contributed by atoms with van der Waals surface area (Å²) < 4.78 is 4.09. The van der Waals surface area contributed by atoms with E-state index >= 15 is 0 Å². The molecule has 162 valence electrons. The van der Waals surface area contributed by atoms with Crippen LogP contribution in [0.4, 0.5) is 0 Å². The van der Waals surface area contributed by atoms with Gasteiger partial charge < -0.3 is 0 Å². The van der Waals surface area contributed by atoms with Crippen LogP contribution < -0.4 is 0 Å². The molecule has 0 bridgehead atoms. The minimum Gasteiger partial charge on any atom is -0.294 e. The number of hydrogen-bond donors (Lipinski definition) is 0. The number of halogens is 2. The lowest BCUT2D eigenvalue weighted by Gasteiger charge is -2.23. The van der Waals surface area contributed by atoms with Crippen LogP contribution in [0.2, 0.25) is 10.0 Å². The lowest BCUT2D eigenvalue weighted by atomic mass is 10.2. The molecular formula is C20H16Cl2N8S2. The third kappa shape index (κ3) is 4.59. The highest BCUT2D eigenvalue weighted by Gasteiger charge is 2.17. The van der Waals surface area contributed by atoms with Crippen molar-refractivity contribution < 1.29 is 0 Å². The van der Waals surface area contributed by atoms with E-state index in [1.807, 2.05) is 33.7 Å². The van der Waals surface area contributed by atoms with Crippen LogP contribution in [-0.2, 0) is 19.6 Å². The quantitative estimate of drug-likeness (QED) is 0.301. The molecule has 8 nitrogen and oxygen atoms in total. The molecule has 0 aliphatic heterocycles. The van der Waals surface area contributed by atoms with Crippen molar-refractivity contribution in [1.29, 1.82) is 0 Å². The first-order chi connectivity index (χ1) is 15.7. The van der Waals surface area contributed by atoms with E-state index in [1.165, 1.54) is 22.7 Å². The first-order valence-electron chi connectivity index (χ1n) is 9.55. The summed E-state index contributed by atoms with van der Waals surface area (Å²) in [7, 11) is 0. The van der Waals surface area contributed by atoms with Gasteiger partial charge in [-0.2, -0.15) is 0 Å². The molecule has 12 heteroatoms. The summed E-state index contributed by atoms with van der Waals surface area (Å²) in [6, 6.07) is 9.89. The maximum atomic E-state index is 6.45. The molecule has 0 N–H and O–H groups in total. The maximum absolute atomic E-state index is 6.45. The van der Waals surface area contributed by atoms with Crippen molar-refractivity contribution in [3.8, 4) is 10.3 Å². The zero-order valence-electron chi connectivity index (χ0n) is 16.5. The Kier molecular flexibility index (Phi) is 6.28. The van der Waals surface area contributed by atoms with Crippen LogP contribution in [0, 0.1) is 0 Å². The van der Waals surface area contributed by atoms with Crippen LogP contribution in [0.1, 0.15) is 17.1 Å². The topological polar surface area (TPSA) is 77.5 Å². The molecule has 0 aliphatic carbocycles. The monoisotopic (exact) mass is 502 g/mol. The van der Waals surface area contributed by atoms with Crippen LogP contribution in [0.5, 0.6) is 0 Å². The van der Waals surface area contributed by atoms with Gasteiger partial charge in [-0.25, -0.2) is 0 Å². The third-order valence-corrected chi connectivity index (χ3v) is 6.72. The summed E-state index contributed by atoms with van der Waals surface area (Å²) in [4.78, 5) is 6.73. The van der Waals surface area contributed by atoms with Crippen molar-refractivity contribution in [3.05, 3.63) is 87.1 Å². The molecule has 5 heterocycles. The molecule has 32 heavy (non-hydrogen) atoms. The van der Waals surface area contributed by atoms with Gasteiger partial charge in [0.15, 0.2) is 0 Å². The van der Waals surface area contributed by atoms with E-state index in [9.17, 15) is 0 Å². The van der Waals surface area contributed by atoms with Gasteiger partial charge in [0.2, 0.25) is 10.3 Å². The van der Waals surface area contributed by atoms with E-state index in [-0.39, 0.29) is 0 Å². The van der Waals surface area contributed by atoms with Crippen LogP contribution in [0.15, 0.2) is 59.9 Å². The van der Waals surface area contributed by atoms with E-state index < -0.39 is 0 Å². The molecule has 0 saturated carbocycles. The third-order valence-electron chi connectivity index (χ3n) is 4.80. The van der Waals surface area contributed by atoms with Crippen molar-refractivity contribution in [2.75, 3.05) is 0 Å². The van der Waals surface area contributed by atoms with Crippen molar-refractivity contribution in [1.82, 2.24) is 39.4 Å². The number of rotatable bonds is 8. The molecule has 0 radical (unpaired) electrons. The Morgan fingerprint density at radius 1 is 0.844 bits per heavy atom. The van der Waals surface area contributed by atoms with Crippen molar-refractivity contribution in [2.24, 2.45) is 0 Å². The number of pyridine rings is 1. The predicted octanol–water partition coefficient (Wildman–Crippen LogP) is 4.88. The Morgan fingerprint density at radius 2 is 1.44 bits per heavy atom. The van der Waals surface area contributed by atoms with Crippen LogP contribution in [0.3, 0.4) is 0 Å². The summed E-state index contributed by atoms with van der Waals surface area (Å²) in [6.07, 6.45) is 5.60. The summed E-state index contributed by atoms with van der Waals surface area (Å²) in [6.45, 7) is 1.83. The molecule has 0 saturated heterocycles. The number of aromatic nitrogens is 7. The smallest absolute Gasteiger partial charge is 0.216 e.